The van der Waals surface area contributed by atoms with Gasteiger partial charge in [-0.15, -0.1) is 0 Å². The summed E-state index contributed by atoms with van der Waals surface area (Å²) in [6, 6.07) is 6.23. The van der Waals surface area contributed by atoms with Crippen molar-refractivity contribution in [2.45, 2.75) is 32.2 Å². The predicted octanol–water partition coefficient (Wildman–Crippen LogP) is 2.25. The zero-order chi connectivity index (χ0) is 12.4. The van der Waals surface area contributed by atoms with E-state index in [1.165, 1.54) is 24.1 Å². The van der Waals surface area contributed by atoms with E-state index in [0.29, 0.717) is 5.92 Å². The van der Waals surface area contributed by atoms with Gasteiger partial charge in [0.15, 0.2) is 5.82 Å². The molecule has 1 N–H and O–H groups in total. The van der Waals surface area contributed by atoms with Gasteiger partial charge in [0.05, 0.1) is 5.69 Å². The number of aromatic nitrogens is 3. The average Bonchev–Trinajstić information content (AvgIpc) is 3.15. The smallest absolute Gasteiger partial charge is 0.153 e. The van der Waals surface area contributed by atoms with E-state index in [2.05, 4.69) is 34.5 Å². The molecule has 0 spiro atoms. The topological polar surface area (TPSA) is 42.7 Å². The van der Waals surface area contributed by atoms with Crippen LogP contribution >= 0.6 is 0 Å². The molecule has 2 heterocycles. The molecule has 0 saturated heterocycles. The van der Waals surface area contributed by atoms with Crippen molar-refractivity contribution in [3.05, 3.63) is 41.9 Å². The number of hydrogen-bond acceptors (Lipinski definition) is 3. The van der Waals surface area contributed by atoms with Crippen LogP contribution < -0.4 is 5.32 Å². The second-order valence-electron chi connectivity index (χ2n) is 4.76. The summed E-state index contributed by atoms with van der Waals surface area (Å²) in [6.45, 7) is 3.95. The molecule has 0 aromatic carbocycles. The van der Waals surface area contributed by atoms with E-state index in [0.717, 1.165) is 18.9 Å². The normalized spacial score (nSPS) is 14.9. The molecular formula is C14H18N4. The van der Waals surface area contributed by atoms with Crippen LogP contribution in [-0.2, 0) is 6.54 Å². The molecule has 1 aliphatic rings. The maximum atomic E-state index is 4.57. The molecule has 0 aliphatic heterocycles. The van der Waals surface area contributed by atoms with Crippen LogP contribution in [0.25, 0.3) is 5.82 Å². The predicted molar refractivity (Wildman–Crippen MR) is 70.7 cm³/mol. The van der Waals surface area contributed by atoms with Gasteiger partial charge in [-0.05, 0) is 37.1 Å². The Balaban J connectivity index is 1.74. The lowest BCUT2D eigenvalue weighted by molar-refractivity contribution is 0.722. The van der Waals surface area contributed by atoms with Crippen molar-refractivity contribution in [1.82, 2.24) is 20.1 Å². The fraction of sp³-hybridized carbons (Fsp3) is 0.429. The highest BCUT2D eigenvalue weighted by Gasteiger charge is 2.25. The molecule has 4 heteroatoms. The van der Waals surface area contributed by atoms with Gasteiger partial charge in [0.1, 0.15) is 0 Å². The summed E-state index contributed by atoms with van der Waals surface area (Å²) in [5.74, 6) is 1.58. The van der Waals surface area contributed by atoms with Gasteiger partial charge in [-0.3, -0.25) is 0 Å². The molecule has 2 aromatic heterocycles. The number of nitrogens with zero attached hydrogens (tertiary/aromatic N) is 3. The molecule has 1 fully saturated rings. The molecule has 0 amide bonds. The molecule has 3 rings (SSSR count). The highest BCUT2D eigenvalue weighted by atomic mass is 15.3. The first kappa shape index (κ1) is 11.4. The highest BCUT2D eigenvalue weighted by Crippen LogP contribution is 2.38. The Bertz CT molecular complexity index is 511. The lowest BCUT2D eigenvalue weighted by atomic mass is 10.3. The van der Waals surface area contributed by atoms with Gasteiger partial charge in [-0.2, -0.15) is 5.10 Å². The standard InChI is InChI=1S/C14H18N4/c1-2-15-9-11-3-6-14(16-10-11)18-8-7-13(17-18)12-4-5-12/h3,6-8,10,12,15H,2,4-5,9H2,1H3. The van der Waals surface area contributed by atoms with E-state index in [1.54, 1.807) is 0 Å². The van der Waals surface area contributed by atoms with Crippen molar-refractivity contribution < 1.29 is 0 Å². The van der Waals surface area contributed by atoms with Crippen molar-refractivity contribution in [3.63, 3.8) is 0 Å². The second-order valence-corrected chi connectivity index (χ2v) is 4.76. The van der Waals surface area contributed by atoms with E-state index in [-0.39, 0.29) is 0 Å². The van der Waals surface area contributed by atoms with Crippen LogP contribution in [0.3, 0.4) is 0 Å². The summed E-state index contributed by atoms with van der Waals surface area (Å²) in [5.41, 5.74) is 2.41. The molecule has 2 aromatic rings. The van der Waals surface area contributed by atoms with E-state index in [1.807, 2.05) is 23.1 Å². The summed E-state index contributed by atoms with van der Waals surface area (Å²) >= 11 is 0. The van der Waals surface area contributed by atoms with E-state index in [4.69, 9.17) is 0 Å². The van der Waals surface area contributed by atoms with Crippen LogP contribution in [0.4, 0.5) is 0 Å². The van der Waals surface area contributed by atoms with Gasteiger partial charge in [-0.25, -0.2) is 9.67 Å². The van der Waals surface area contributed by atoms with Gasteiger partial charge >= 0.3 is 0 Å². The van der Waals surface area contributed by atoms with Crippen LogP contribution in [0.5, 0.6) is 0 Å². The third-order valence-corrected chi connectivity index (χ3v) is 3.23. The summed E-state index contributed by atoms with van der Waals surface area (Å²) in [4.78, 5) is 4.46. The largest absolute Gasteiger partial charge is 0.313 e. The number of rotatable bonds is 5. The van der Waals surface area contributed by atoms with Gasteiger partial charge in [-0.1, -0.05) is 13.0 Å². The Morgan fingerprint density at radius 3 is 2.89 bits per heavy atom. The third kappa shape index (κ3) is 2.43. The lowest BCUT2D eigenvalue weighted by Gasteiger charge is -2.04. The van der Waals surface area contributed by atoms with Crippen molar-refractivity contribution in [2.75, 3.05) is 6.54 Å². The molecule has 18 heavy (non-hydrogen) atoms. The number of nitrogens with one attached hydrogen (secondary N) is 1. The Hall–Kier alpha value is -1.68. The molecule has 1 aliphatic carbocycles. The zero-order valence-corrected chi connectivity index (χ0v) is 10.6. The van der Waals surface area contributed by atoms with Gasteiger partial charge < -0.3 is 5.32 Å². The third-order valence-electron chi connectivity index (χ3n) is 3.23. The summed E-state index contributed by atoms with van der Waals surface area (Å²) in [5, 5.41) is 7.86. The fourth-order valence-electron chi connectivity index (χ4n) is 1.99. The van der Waals surface area contributed by atoms with E-state index < -0.39 is 0 Å². The summed E-state index contributed by atoms with van der Waals surface area (Å²) in [7, 11) is 0. The van der Waals surface area contributed by atoms with Crippen LogP contribution in [0.15, 0.2) is 30.6 Å². The first-order valence-corrected chi connectivity index (χ1v) is 6.58. The van der Waals surface area contributed by atoms with Crippen LogP contribution in [0, 0.1) is 0 Å². The first-order chi connectivity index (χ1) is 8.86. The first-order valence-electron chi connectivity index (χ1n) is 6.58. The van der Waals surface area contributed by atoms with Crippen molar-refractivity contribution in [2.24, 2.45) is 0 Å². The van der Waals surface area contributed by atoms with Crippen molar-refractivity contribution in [3.8, 4) is 5.82 Å². The molecular weight excluding hydrogens is 224 g/mol. The highest BCUT2D eigenvalue weighted by molar-refractivity contribution is 5.26. The summed E-state index contributed by atoms with van der Waals surface area (Å²) in [6.07, 6.45) is 6.48. The van der Waals surface area contributed by atoms with Crippen molar-refractivity contribution >= 4 is 0 Å². The molecule has 1 saturated carbocycles. The minimum Gasteiger partial charge on any atom is -0.313 e. The monoisotopic (exact) mass is 242 g/mol. The number of pyridine rings is 1. The number of hydrogen-bond donors (Lipinski definition) is 1. The lowest BCUT2D eigenvalue weighted by Crippen LogP contribution is -2.12. The quantitative estimate of drug-likeness (QED) is 0.874. The van der Waals surface area contributed by atoms with Crippen LogP contribution in [0.2, 0.25) is 0 Å². The zero-order valence-electron chi connectivity index (χ0n) is 10.6. The SMILES string of the molecule is CCNCc1ccc(-n2ccc(C3CC3)n2)nc1. The molecule has 0 radical (unpaired) electrons. The molecule has 94 valence electrons. The van der Waals surface area contributed by atoms with E-state index >= 15 is 0 Å². The van der Waals surface area contributed by atoms with E-state index in [9.17, 15) is 0 Å². The van der Waals surface area contributed by atoms with Crippen LogP contribution in [0.1, 0.15) is 36.9 Å². The molecule has 4 nitrogen and oxygen atoms in total. The molecule has 0 bridgehead atoms. The maximum Gasteiger partial charge on any atom is 0.153 e. The molecule has 0 atom stereocenters. The average molecular weight is 242 g/mol. The van der Waals surface area contributed by atoms with Gasteiger partial charge in [0.25, 0.3) is 0 Å². The fourth-order valence-corrected chi connectivity index (χ4v) is 1.99. The van der Waals surface area contributed by atoms with Gasteiger partial charge in [0.2, 0.25) is 0 Å². The Morgan fingerprint density at radius 1 is 1.33 bits per heavy atom. The Morgan fingerprint density at radius 2 is 2.22 bits per heavy atom. The second kappa shape index (κ2) is 4.90. The van der Waals surface area contributed by atoms with Gasteiger partial charge in [0, 0.05) is 24.9 Å². The Labute approximate surface area is 107 Å². The summed E-state index contributed by atoms with van der Waals surface area (Å²) < 4.78 is 1.87. The Kier molecular flexibility index (Phi) is 3.11. The maximum absolute atomic E-state index is 4.57. The minimum absolute atomic E-state index is 0.694. The molecule has 0 unspecified atom stereocenters. The van der Waals surface area contributed by atoms with Crippen molar-refractivity contribution in [1.29, 1.82) is 0 Å². The van der Waals surface area contributed by atoms with Crippen LogP contribution in [-0.4, -0.2) is 21.3 Å². The minimum atomic E-state index is 0.694.